The van der Waals surface area contributed by atoms with Crippen molar-refractivity contribution >= 4 is 33.4 Å². The first kappa shape index (κ1) is 16.5. The molecule has 0 saturated heterocycles. The summed E-state index contributed by atoms with van der Waals surface area (Å²) < 4.78 is 0.825. The fourth-order valence-electron chi connectivity index (χ4n) is 2.04. The van der Waals surface area contributed by atoms with Gasteiger partial charge in [-0.3, -0.25) is 4.79 Å². The lowest BCUT2D eigenvalue weighted by Gasteiger charge is -2.18. The summed E-state index contributed by atoms with van der Waals surface area (Å²) in [5.74, 6) is -0.0437. The van der Waals surface area contributed by atoms with Gasteiger partial charge in [-0.2, -0.15) is 0 Å². The third kappa shape index (κ3) is 5.96. The highest BCUT2D eigenvalue weighted by Crippen LogP contribution is 2.20. The first-order valence-corrected chi connectivity index (χ1v) is 8.00. The lowest BCUT2D eigenvalue weighted by Crippen LogP contribution is -2.34. The van der Waals surface area contributed by atoms with E-state index in [1.165, 1.54) is 0 Å². The molecular weight excluding hydrogens is 326 g/mol. The van der Waals surface area contributed by atoms with Gasteiger partial charge in [0.1, 0.15) is 0 Å². The summed E-state index contributed by atoms with van der Waals surface area (Å²) in [6, 6.07) is 5.53. The van der Waals surface area contributed by atoms with E-state index in [0.29, 0.717) is 10.6 Å². The Kier molecular flexibility index (Phi) is 7.47. The highest BCUT2D eigenvalue weighted by atomic mass is 79.9. The molecule has 2 nitrogen and oxygen atoms in total. The maximum Gasteiger partial charge on any atom is 0.251 e. The third-order valence-corrected chi connectivity index (χ3v) is 3.68. The van der Waals surface area contributed by atoms with Crippen molar-refractivity contribution in [3.05, 3.63) is 33.3 Å². The van der Waals surface area contributed by atoms with E-state index in [1.54, 1.807) is 18.2 Å². The van der Waals surface area contributed by atoms with Crippen LogP contribution in [-0.4, -0.2) is 11.9 Å². The minimum absolute atomic E-state index is 0.0437. The minimum Gasteiger partial charge on any atom is -0.349 e. The van der Waals surface area contributed by atoms with Crippen LogP contribution in [0.25, 0.3) is 0 Å². The Morgan fingerprint density at radius 1 is 1.26 bits per heavy atom. The molecular formula is C15H21BrClNO. The van der Waals surface area contributed by atoms with Crippen LogP contribution in [0.4, 0.5) is 0 Å². The first-order chi connectivity index (χ1) is 9.06. The zero-order valence-corrected chi connectivity index (χ0v) is 13.9. The van der Waals surface area contributed by atoms with E-state index in [-0.39, 0.29) is 11.9 Å². The fraction of sp³-hybridized carbons (Fsp3) is 0.533. The van der Waals surface area contributed by atoms with E-state index >= 15 is 0 Å². The van der Waals surface area contributed by atoms with E-state index in [1.807, 2.05) is 0 Å². The third-order valence-electron chi connectivity index (χ3n) is 3.00. The van der Waals surface area contributed by atoms with Crippen LogP contribution in [0.2, 0.25) is 5.02 Å². The molecule has 1 amide bonds. The number of amides is 1. The Morgan fingerprint density at radius 2 is 2.00 bits per heavy atom. The summed E-state index contributed by atoms with van der Waals surface area (Å²) in [6.07, 6.45) is 5.43. The average Bonchev–Trinajstić information content (AvgIpc) is 2.35. The molecule has 0 aliphatic rings. The van der Waals surface area contributed by atoms with E-state index in [4.69, 9.17) is 11.6 Å². The zero-order valence-electron chi connectivity index (χ0n) is 11.5. The van der Waals surface area contributed by atoms with Crippen molar-refractivity contribution < 1.29 is 4.79 Å². The molecule has 0 aromatic heterocycles. The fourth-order valence-corrected chi connectivity index (χ4v) is 2.90. The SMILES string of the molecule is CCCCC(CCC)NC(=O)c1cc(Cl)cc(Br)c1. The number of unbranched alkanes of at least 4 members (excludes halogenated alkanes) is 1. The van der Waals surface area contributed by atoms with E-state index in [2.05, 4.69) is 35.1 Å². The quantitative estimate of drug-likeness (QED) is 0.723. The van der Waals surface area contributed by atoms with E-state index in [9.17, 15) is 4.79 Å². The highest BCUT2D eigenvalue weighted by molar-refractivity contribution is 9.10. The van der Waals surface area contributed by atoms with Crippen LogP contribution in [0.1, 0.15) is 56.3 Å². The monoisotopic (exact) mass is 345 g/mol. The summed E-state index contributed by atoms with van der Waals surface area (Å²) in [5.41, 5.74) is 0.608. The van der Waals surface area contributed by atoms with Crippen LogP contribution in [-0.2, 0) is 0 Å². The highest BCUT2D eigenvalue weighted by Gasteiger charge is 2.13. The summed E-state index contributed by atoms with van der Waals surface area (Å²) in [5, 5.41) is 3.67. The van der Waals surface area contributed by atoms with Gasteiger partial charge in [0.25, 0.3) is 5.91 Å². The number of hydrogen-bond donors (Lipinski definition) is 1. The van der Waals surface area contributed by atoms with Gasteiger partial charge >= 0.3 is 0 Å². The number of rotatable bonds is 7. The van der Waals surface area contributed by atoms with Crippen LogP contribution >= 0.6 is 27.5 Å². The summed E-state index contributed by atoms with van der Waals surface area (Å²) in [6.45, 7) is 4.31. The molecule has 0 aliphatic carbocycles. The Labute approximate surface area is 129 Å². The lowest BCUT2D eigenvalue weighted by molar-refractivity contribution is 0.0932. The Balaban J connectivity index is 2.69. The summed E-state index contributed by atoms with van der Waals surface area (Å²) in [7, 11) is 0. The molecule has 1 unspecified atom stereocenters. The van der Waals surface area contributed by atoms with Crippen molar-refractivity contribution in [2.75, 3.05) is 0 Å². The van der Waals surface area contributed by atoms with Crippen molar-refractivity contribution in [1.29, 1.82) is 0 Å². The molecule has 1 rings (SSSR count). The molecule has 4 heteroatoms. The Bertz CT molecular complexity index is 402. The molecule has 1 N–H and O–H groups in total. The van der Waals surface area contributed by atoms with Gasteiger partial charge in [-0.05, 0) is 31.0 Å². The van der Waals surface area contributed by atoms with E-state index in [0.717, 1.165) is 36.6 Å². The van der Waals surface area contributed by atoms with Crippen molar-refractivity contribution in [1.82, 2.24) is 5.32 Å². The van der Waals surface area contributed by atoms with Crippen molar-refractivity contribution in [2.24, 2.45) is 0 Å². The van der Waals surface area contributed by atoms with E-state index < -0.39 is 0 Å². The Morgan fingerprint density at radius 3 is 2.58 bits per heavy atom. The van der Waals surface area contributed by atoms with Gasteiger partial charge < -0.3 is 5.32 Å². The topological polar surface area (TPSA) is 29.1 Å². The number of benzene rings is 1. The van der Waals surface area contributed by atoms with Gasteiger partial charge in [-0.25, -0.2) is 0 Å². The number of nitrogens with one attached hydrogen (secondary N) is 1. The largest absolute Gasteiger partial charge is 0.349 e. The Hall–Kier alpha value is -0.540. The molecule has 0 bridgehead atoms. The van der Waals surface area contributed by atoms with Gasteiger partial charge in [-0.1, -0.05) is 60.6 Å². The lowest BCUT2D eigenvalue weighted by atomic mass is 10.0. The summed E-state index contributed by atoms with van der Waals surface area (Å²) in [4.78, 5) is 12.2. The van der Waals surface area contributed by atoms with Gasteiger partial charge in [-0.15, -0.1) is 0 Å². The molecule has 1 atom stereocenters. The molecule has 0 spiro atoms. The van der Waals surface area contributed by atoms with Crippen LogP contribution in [0, 0.1) is 0 Å². The molecule has 0 heterocycles. The zero-order chi connectivity index (χ0) is 14.3. The van der Waals surface area contributed by atoms with Gasteiger partial charge in [0.15, 0.2) is 0 Å². The number of carbonyl (C=O) groups is 1. The first-order valence-electron chi connectivity index (χ1n) is 6.83. The average molecular weight is 347 g/mol. The van der Waals surface area contributed by atoms with Crippen molar-refractivity contribution in [3.8, 4) is 0 Å². The van der Waals surface area contributed by atoms with Gasteiger partial charge in [0.2, 0.25) is 0 Å². The molecule has 1 aromatic rings. The number of hydrogen-bond acceptors (Lipinski definition) is 1. The number of halogens is 2. The van der Waals surface area contributed by atoms with Crippen molar-refractivity contribution in [3.63, 3.8) is 0 Å². The van der Waals surface area contributed by atoms with Gasteiger partial charge in [0, 0.05) is 21.1 Å². The summed E-state index contributed by atoms with van der Waals surface area (Å²) >= 11 is 9.32. The van der Waals surface area contributed by atoms with Crippen LogP contribution in [0.15, 0.2) is 22.7 Å². The van der Waals surface area contributed by atoms with Gasteiger partial charge in [0.05, 0.1) is 0 Å². The smallest absolute Gasteiger partial charge is 0.251 e. The van der Waals surface area contributed by atoms with Crippen LogP contribution < -0.4 is 5.32 Å². The molecule has 106 valence electrons. The molecule has 1 aromatic carbocycles. The second-order valence-electron chi connectivity index (χ2n) is 4.76. The predicted octanol–water partition coefficient (Wildman–Crippen LogP) is 5.19. The van der Waals surface area contributed by atoms with Crippen LogP contribution in [0.5, 0.6) is 0 Å². The van der Waals surface area contributed by atoms with Crippen LogP contribution in [0.3, 0.4) is 0 Å². The second-order valence-corrected chi connectivity index (χ2v) is 6.11. The normalized spacial score (nSPS) is 12.2. The number of carbonyl (C=O) groups excluding carboxylic acids is 1. The maximum absolute atomic E-state index is 12.2. The molecule has 0 radical (unpaired) electrons. The second kappa shape index (κ2) is 8.60. The molecule has 0 aliphatic heterocycles. The van der Waals surface area contributed by atoms with Crippen molar-refractivity contribution in [2.45, 2.75) is 52.0 Å². The molecule has 19 heavy (non-hydrogen) atoms. The maximum atomic E-state index is 12.2. The predicted molar refractivity (Wildman–Crippen MR) is 84.8 cm³/mol. The minimum atomic E-state index is -0.0437. The molecule has 0 saturated carbocycles. The molecule has 0 fully saturated rings. The standard InChI is InChI=1S/C15H21BrClNO/c1-3-5-7-14(6-4-2)18-15(19)11-8-12(16)10-13(17)9-11/h8-10,14H,3-7H2,1-2H3,(H,18,19).